The van der Waals surface area contributed by atoms with Crippen LogP contribution < -0.4 is 4.74 Å². The maximum atomic E-state index is 12.7. The van der Waals surface area contributed by atoms with Crippen LogP contribution in [-0.2, 0) is 9.53 Å². The van der Waals surface area contributed by atoms with Gasteiger partial charge in [-0.1, -0.05) is 0 Å². The molecule has 0 aliphatic carbocycles. The monoisotopic (exact) mass is 336 g/mol. The van der Waals surface area contributed by atoms with Gasteiger partial charge in [-0.05, 0) is 52.2 Å². The molecule has 1 rings (SSSR count). The first kappa shape index (κ1) is 20.0. The molecule has 0 fully saturated rings. The van der Waals surface area contributed by atoms with E-state index in [1.54, 1.807) is 29.2 Å². The summed E-state index contributed by atoms with van der Waals surface area (Å²) in [7, 11) is 5.24. The third kappa shape index (κ3) is 7.00. The van der Waals surface area contributed by atoms with Crippen molar-refractivity contribution in [2.45, 2.75) is 26.4 Å². The number of hydrogen-bond donors (Lipinski definition) is 0. The van der Waals surface area contributed by atoms with E-state index in [9.17, 15) is 9.59 Å². The van der Waals surface area contributed by atoms with Gasteiger partial charge in [0.2, 0.25) is 0 Å². The normalized spacial score (nSPS) is 10.8. The van der Waals surface area contributed by atoms with Gasteiger partial charge in [0.05, 0.1) is 19.6 Å². The van der Waals surface area contributed by atoms with Crippen LogP contribution in [0.2, 0.25) is 0 Å². The van der Waals surface area contributed by atoms with E-state index < -0.39 is 0 Å². The van der Waals surface area contributed by atoms with Crippen molar-refractivity contribution in [3.8, 4) is 5.75 Å². The van der Waals surface area contributed by atoms with Gasteiger partial charge in [-0.2, -0.15) is 0 Å². The first-order chi connectivity index (χ1) is 11.3. The highest BCUT2D eigenvalue weighted by atomic mass is 16.5. The summed E-state index contributed by atoms with van der Waals surface area (Å²) in [5.74, 6) is 0.311. The fourth-order valence-corrected chi connectivity index (χ4v) is 2.09. The fourth-order valence-electron chi connectivity index (χ4n) is 2.09. The van der Waals surface area contributed by atoms with Gasteiger partial charge in [0.15, 0.2) is 0 Å². The van der Waals surface area contributed by atoms with Gasteiger partial charge in [-0.15, -0.1) is 0 Å². The molecule has 1 aromatic carbocycles. The molecule has 0 aliphatic heterocycles. The smallest absolute Gasteiger partial charge is 0.307 e. The lowest BCUT2D eigenvalue weighted by Crippen LogP contribution is -2.38. The Labute approximate surface area is 144 Å². The molecule has 0 saturated carbocycles. The van der Waals surface area contributed by atoms with E-state index in [0.29, 0.717) is 18.7 Å². The maximum Gasteiger partial charge on any atom is 0.307 e. The summed E-state index contributed by atoms with van der Waals surface area (Å²) in [5, 5.41) is 0. The van der Waals surface area contributed by atoms with Crippen LogP contribution in [0.1, 0.15) is 30.6 Å². The second kappa shape index (κ2) is 9.93. The molecule has 0 heterocycles. The molecule has 0 bridgehead atoms. The minimum absolute atomic E-state index is 0.0863. The molecular weight excluding hydrogens is 308 g/mol. The molecule has 6 heteroatoms. The number of amides is 1. The quantitative estimate of drug-likeness (QED) is 0.646. The number of esters is 1. The maximum absolute atomic E-state index is 12.7. The van der Waals surface area contributed by atoms with Crippen LogP contribution in [0.4, 0.5) is 0 Å². The van der Waals surface area contributed by atoms with E-state index in [0.717, 1.165) is 12.3 Å². The first-order valence-electron chi connectivity index (χ1n) is 8.11. The van der Waals surface area contributed by atoms with Gasteiger partial charge in [-0.25, -0.2) is 0 Å². The van der Waals surface area contributed by atoms with Crippen molar-refractivity contribution in [3.63, 3.8) is 0 Å². The molecule has 0 unspecified atom stereocenters. The SMILES string of the molecule is COC(=O)CCN(CCN(C)C)C(=O)c1ccc(OC(C)C)cc1. The molecule has 1 aromatic rings. The highest BCUT2D eigenvalue weighted by Crippen LogP contribution is 2.15. The fraction of sp³-hybridized carbons (Fsp3) is 0.556. The van der Waals surface area contributed by atoms with Gasteiger partial charge in [-0.3, -0.25) is 9.59 Å². The van der Waals surface area contributed by atoms with E-state index in [4.69, 9.17) is 4.74 Å². The number of nitrogens with zero attached hydrogens (tertiary/aromatic N) is 2. The second-order valence-corrected chi connectivity index (χ2v) is 6.11. The van der Waals surface area contributed by atoms with E-state index in [2.05, 4.69) is 4.74 Å². The van der Waals surface area contributed by atoms with E-state index in [1.165, 1.54) is 7.11 Å². The van der Waals surface area contributed by atoms with Crippen molar-refractivity contribution in [2.24, 2.45) is 0 Å². The predicted molar refractivity (Wildman–Crippen MR) is 93.3 cm³/mol. The summed E-state index contributed by atoms with van der Waals surface area (Å²) < 4.78 is 10.2. The molecule has 0 spiro atoms. The zero-order valence-corrected chi connectivity index (χ0v) is 15.2. The Morgan fingerprint density at radius 1 is 1.04 bits per heavy atom. The lowest BCUT2D eigenvalue weighted by molar-refractivity contribution is -0.140. The Morgan fingerprint density at radius 2 is 1.67 bits per heavy atom. The average Bonchev–Trinajstić information content (AvgIpc) is 2.54. The largest absolute Gasteiger partial charge is 0.491 e. The average molecular weight is 336 g/mol. The third-order valence-electron chi connectivity index (χ3n) is 3.39. The van der Waals surface area contributed by atoms with Crippen LogP contribution in [0.15, 0.2) is 24.3 Å². The minimum Gasteiger partial charge on any atom is -0.491 e. The molecule has 0 aliphatic rings. The number of methoxy groups -OCH3 is 1. The summed E-state index contributed by atoms with van der Waals surface area (Å²) >= 11 is 0. The van der Waals surface area contributed by atoms with Crippen LogP contribution >= 0.6 is 0 Å². The summed E-state index contributed by atoms with van der Waals surface area (Å²) in [6.07, 6.45) is 0.271. The number of likely N-dealkylation sites (N-methyl/N-ethyl adjacent to an activating group) is 1. The third-order valence-corrected chi connectivity index (χ3v) is 3.39. The predicted octanol–water partition coefficient (Wildman–Crippen LogP) is 2.04. The van der Waals surface area contributed by atoms with Crippen LogP contribution in [0, 0.1) is 0 Å². The molecule has 0 atom stereocenters. The molecule has 0 saturated heterocycles. The zero-order chi connectivity index (χ0) is 18.1. The lowest BCUT2D eigenvalue weighted by Gasteiger charge is -2.24. The Kier molecular flexibility index (Phi) is 8.26. The molecule has 0 aromatic heterocycles. The van der Waals surface area contributed by atoms with Crippen LogP contribution in [0.3, 0.4) is 0 Å². The Bertz CT molecular complexity index is 526. The highest BCUT2D eigenvalue weighted by molar-refractivity contribution is 5.94. The Balaban J connectivity index is 2.78. The molecule has 134 valence electrons. The van der Waals surface area contributed by atoms with Gasteiger partial charge >= 0.3 is 5.97 Å². The molecule has 24 heavy (non-hydrogen) atoms. The van der Waals surface area contributed by atoms with E-state index in [-0.39, 0.29) is 24.4 Å². The number of rotatable bonds is 9. The van der Waals surface area contributed by atoms with Crippen LogP contribution in [-0.4, -0.2) is 68.6 Å². The second-order valence-electron chi connectivity index (χ2n) is 6.11. The minimum atomic E-state index is -0.321. The zero-order valence-electron chi connectivity index (χ0n) is 15.2. The standard InChI is InChI=1S/C18H28N2O4/c1-14(2)24-16-8-6-15(7-9-16)18(22)20(13-12-19(3)4)11-10-17(21)23-5/h6-9,14H,10-13H2,1-5H3. The first-order valence-corrected chi connectivity index (χ1v) is 8.11. The lowest BCUT2D eigenvalue weighted by atomic mass is 10.2. The Morgan fingerprint density at radius 3 is 2.17 bits per heavy atom. The van der Waals surface area contributed by atoms with Crippen molar-refractivity contribution in [1.29, 1.82) is 0 Å². The summed E-state index contributed by atoms with van der Waals surface area (Å²) in [4.78, 5) is 27.8. The van der Waals surface area contributed by atoms with Crippen molar-refractivity contribution in [3.05, 3.63) is 29.8 Å². The van der Waals surface area contributed by atoms with Crippen LogP contribution in [0.25, 0.3) is 0 Å². The van der Waals surface area contributed by atoms with E-state index >= 15 is 0 Å². The van der Waals surface area contributed by atoms with Crippen molar-refractivity contribution >= 4 is 11.9 Å². The van der Waals surface area contributed by atoms with Crippen LogP contribution in [0.5, 0.6) is 5.75 Å². The number of carbonyl (C=O) groups excluding carboxylic acids is 2. The van der Waals surface area contributed by atoms with Gasteiger partial charge in [0.25, 0.3) is 5.91 Å². The summed E-state index contributed by atoms with van der Waals surface area (Å²) in [6.45, 7) is 5.52. The number of benzene rings is 1. The van der Waals surface area contributed by atoms with Crippen molar-refractivity contribution in [1.82, 2.24) is 9.80 Å². The molecule has 6 nitrogen and oxygen atoms in total. The topological polar surface area (TPSA) is 59.1 Å². The van der Waals surface area contributed by atoms with Gasteiger partial charge in [0.1, 0.15) is 5.75 Å². The van der Waals surface area contributed by atoms with Crippen molar-refractivity contribution < 1.29 is 19.1 Å². The summed E-state index contributed by atoms with van der Waals surface area (Å²) in [6, 6.07) is 7.08. The number of carbonyl (C=O) groups is 2. The molecule has 1 amide bonds. The Hall–Kier alpha value is -2.08. The number of hydrogen-bond acceptors (Lipinski definition) is 5. The number of ether oxygens (including phenoxy) is 2. The molecule has 0 radical (unpaired) electrons. The molecule has 0 N–H and O–H groups in total. The molecular formula is C18H28N2O4. The summed E-state index contributed by atoms with van der Waals surface area (Å²) in [5.41, 5.74) is 0.578. The highest BCUT2D eigenvalue weighted by Gasteiger charge is 2.17. The van der Waals surface area contributed by atoms with Gasteiger partial charge in [0, 0.05) is 25.2 Å². The van der Waals surface area contributed by atoms with E-state index in [1.807, 2.05) is 32.8 Å². The van der Waals surface area contributed by atoms with Crippen molar-refractivity contribution in [2.75, 3.05) is 40.8 Å². The van der Waals surface area contributed by atoms with Gasteiger partial charge < -0.3 is 19.3 Å².